The number of aromatic amines is 1. The summed E-state index contributed by atoms with van der Waals surface area (Å²) in [6, 6.07) is 13.4. The second kappa shape index (κ2) is 5.93. The third kappa shape index (κ3) is 2.81. The Morgan fingerprint density at radius 3 is 2.68 bits per heavy atom. The minimum atomic E-state index is -0.0347. The maximum Gasteiger partial charge on any atom is 0.228 e. The number of anilines is 1. The molecule has 1 aromatic heterocycles. The Hall–Kier alpha value is -2.75. The second-order valence-electron chi connectivity index (χ2n) is 5.26. The molecule has 0 atom stereocenters. The predicted octanol–water partition coefficient (Wildman–Crippen LogP) is 3.67. The SMILES string of the molecule is COc1ccc(NC(=O)Cc2c[nH]c3c(C)cccc23)cc1. The number of ether oxygens (including phenoxy) is 1. The lowest BCUT2D eigenvalue weighted by Crippen LogP contribution is -2.14. The molecule has 4 nitrogen and oxygen atoms in total. The Kier molecular flexibility index (Phi) is 3.83. The smallest absolute Gasteiger partial charge is 0.228 e. The van der Waals surface area contributed by atoms with Gasteiger partial charge in [-0.3, -0.25) is 4.79 Å². The van der Waals surface area contributed by atoms with Gasteiger partial charge in [-0.05, 0) is 42.3 Å². The number of methoxy groups -OCH3 is 1. The van der Waals surface area contributed by atoms with E-state index in [4.69, 9.17) is 4.74 Å². The van der Waals surface area contributed by atoms with Crippen LogP contribution < -0.4 is 10.1 Å². The van der Waals surface area contributed by atoms with E-state index in [1.54, 1.807) is 7.11 Å². The number of para-hydroxylation sites is 1. The van der Waals surface area contributed by atoms with E-state index >= 15 is 0 Å². The van der Waals surface area contributed by atoms with Gasteiger partial charge in [0.1, 0.15) is 5.75 Å². The van der Waals surface area contributed by atoms with Crippen LogP contribution in [0, 0.1) is 6.92 Å². The van der Waals surface area contributed by atoms with Crippen LogP contribution >= 0.6 is 0 Å². The molecule has 0 aliphatic rings. The number of H-pyrrole nitrogens is 1. The van der Waals surface area contributed by atoms with Gasteiger partial charge in [0.25, 0.3) is 0 Å². The molecule has 0 radical (unpaired) electrons. The molecule has 3 rings (SSSR count). The number of amides is 1. The molecule has 0 unspecified atom stereocenters. The number of hydrogen-bond acceptors (Lipinski definition) is 2. The van der Waals surface area contributed by atoms with Gasteiger partial charge in [-0.2, -0.15) is 0 Å². The molecule has 2 N–H and O–H groups in total. The van der Waals surface area contributed by atoms with Crippen molar-refractivity contribution in [2.24, 2.45) is 0 Å². The molecule has 0 bridgehead atoms. The average molecular weight is 294 g/mol. The Morgan fingerprint density at radius 1 is 1.18 bits per heavy atom. The minimum absolute atomic E-state index is 0.0347. The first kappa shape index (κ1) is 14.2. The Morgan fingerprint density at radius 2 is 1.95 bits per heavy atom. The summed E-state index contributed by atoms with van der Waals surface area (Å²) in [5.74, 6) is 0.734. The number of benzene rings is 2. The first-order chi connectivity index (χ1) is 10.7. The summed E-state index contributed by atoms with van der Waals surface area (Å²) in [6.07, 6.45) is 2.25. The van der Waals surface area contributed by atoms with Crippen LogP contribution in [0.25, 0.3) is 10.9 Å². The summed E-state index contributed by atoms with van der Waals surface area (Å²) in [7, 11) is 1.62. The molecule has 0 spiro atoms. The first-order valence-corrected chi connectivity index (χ1v) is 7.17. The van der Waals surface area contributed by atoms with Crippen molar-refractivity contribution in [3.63, 3.8) is 0 Å². The van der Waals surface area contributed by atoms with Gasteiger partial charge in [0.15, 0.2) is 0 Å². The maximum atomic E-state index is 12.2. The number of nitrogens with one attached hydrogen (secondary N) is 2. The standard InChI is InChI=1S/C18H18N2O2/c1-12-4-3-5-16-13(11-19-18(12)16)10-17(21)20-14-6-8-15(22-2)9-7-14/h3-9,11,19H,10H2,1-2H3,(H,20,21). The predicted molar refractivity (Wildman–Crippen MR) is 88.4 cm³/mol. The highest BCUT2D eigenvalue weighted by molar-refractivity contribution is 5.96. The van der Waals surface area contributed by atoms with Crippen molar-refractivity contribution in [2.45, 2.75) is 13.3 Å². The van der Waals surface area contributed by atoms with Gasteiger partial charge in [0.05, 0.1) is 13.5 Å². The highest BCUT2D eigenvalue weighted by atomic mass is 16.5. The van der Waals surface area contributed by atoms with Crippen molar-refractivity contribution < 1.29 is 9.53 Å². The summed E-state index contributed by atoms with van der Waals surface area (Å²) < 4.78 is 5.10. The molecule has 0 saturated heterocycles. The quantitative estimate of drug-likeness (QED) is 0.771. The number of aromatic nitrogens is 1. The van der Waals surface area contributed by atoms with Crippen LogP contribution in [0.1, 0.15) is 11.1 Å². The van der Waals surface area contributed by atoms with E-state index in [-0.39, 0.29) is 5.91 Å². The van der Waals surface area contributed by atoms with Crippen LogP contribution in [-0.2, 0) is 11.2 Å². The molecular formula is C18H18N2O2. The highest BCUT2D eigenvalue weighted by Gasteiger charge is 2.10. The summed E-state index contributed by atoms with van der Waals surface area (Å²) in [5.41, 5.74) is 4.04. The lowest BCUT2D eigenvalue weighted by molar-refractivity contribution is -0.115. The van der Waals surface area contributed by atoms with Crippen LogP contribution in [0.15, 0.2) is 48.7 Å². The number of carbonyl (C=O) groups excluding carboxylic acids is 1. The Balaban J connectivity index is 1.74. The third-order valence-corrected chi connectivity index (χ3v) is 3.73. The largest absolute Gasteiger partial charge is 0.497 e. The van der Waals surface area contributed by atoms with Gasteiger partial charge in [0, 0.05) is 22.8 Å². The number of aryl methyl sites for hydroxylation is 1. The minimum Gasteiger partial charge on any atom is -0.497 e. The van der Waals surface area contributed by atoms with E-state index in [1.165, 1.54) is 5.56 Å². The molecule has 0 saturated carbocycles. The van der Waals surface area contributed by atoms with Crippen LogP contribution in [0.5, 0.6) is 5.75 Å². The van der Waals surface area contributed by atoms with Crippen LogP contribution in [0.4, 0.5) is 5.69 Å². The number of carbonyl (C=O) groups is 1. The van der Waals surface area contributed by atoms with Gasteiger partial charge >= 0.3 is 0 Å². The van der Waals surface area contributed by atoms with E-state index in [0.29, 0.717) is 6.42 Å². The molecule has 112 valence electrons. The van der Waals surface area contributed by atoms with E-state index in [2.05, 4.69) is 23.3 Å². The van der Waals surface area contributed by atoms with E-state index < -0.39 is 0 Å². The molecular weight excluding hydrogens is 276 g/mol. The molecule has 3 aromatic rings. The first-order valence-electron chi connectivity index (χ1n) is 7.17. The second-order valence-corrected chi connectivity index (χ2v) is 5.26. The van der Waals surface area contributed by atoms with Gasteiger partial charge in [0.2, 0.25) is 5.91 Å². The summed E-state index contributed by atoms with van der Waals surface area (Å²) >= 11 is 0. The highest BCUT2D eigenvalue weighted by Crippen LogP contribution is 2.22. The van der Waals surface area contributed by atoms with Crippen LogP contribution in [0.3, 0.4) is 0 Å². The van der Waals surface area contributed by atoms with Gasteiger partial charge < -0.3 is 15.0 Å². The molecule has 1 heterocycles. The van der Waals surface area contributed by atoms with E-state index in [1.807, 2.05) is 42.6 Å². The molecule has 22 heavy (non-hydrogen) atoms. The van der Waals surface area contributed by atoms with E-state index in [9.17, 15) is 4.79 Å². The molecule has 4 heteroatoms. The van der Waals surface area contributed by atoms with Crippen molar-refractivity contribution in [3.8, 4) is 5.75 Å². The number of rotatable bonds is 4. The summed E-state index contributed by atoms with van der Waals surface area (Å²) in [5, 5.41) is 4.00. The van der Waals surface area contributed by atoms with Gasteiger partial charge in [-0.1, -0.05) is 18.2 Å². The fraction of sp³-hybridized carbons (Fsp3) is 0.167. The zero-order valence-electron chi connectivity index (χ0n) is 12.6. The average Bonchev–Trinajstić information content (AvgIpc) is 2.92. The van der Waals surface area contributed by atoms with Crippen molar-refractivity contribution in [3.05, 3.63) is 59.8 Å². The fourth-order valence-electron chi connectivity index (χ4n) is 2.56. The molecule has 1 amide bonds. The van der Waals surface area contributed by atoms with Crippen molar-refractivity contribution in [1.29, 1.82) is 0 Å². The summed E-state index contributed by atoms with van der Waals surface area (Å²) in [4.78, 5) is 15.5. The lowest BCUT2D eigenvalue weighted by Gasteiger charge is -2.06. The van der Waals surface area contributed by atoms with Crippen molar-refractivity contribution in [1.82, 2.24) is 4.98 Å². The normalized spacial score (nSPS) is 10.6. The number of fused-ring (bicyclic) bond motifs is 1. The Bertz CT molecular complexity index is 804. The topological polar surface area (TPSA) is 54.1 Å². The molecule has 0 aliphatic heterocycles. The fourth-order valence-corrected chi connectivity index (χ4v) is 2.56. The molecule has 2 aromatic carbocycles. The maximum absolute atomic E-state index is 12.2. The number of hydrogen-bond donors (Lipinski definition) is 2. The van der Waals surface area contributed by atoms with Gasteiger partial charge in [-0.25, -0.2) is 0 Å². The molecule has 0 aliphatic carbocycles. The molecule has 0 fully saturated rings. The van der Waals surface area contributed by atoms with Crippen LogP contribution in [0.2, 0.25) is 0 Å². The zero-order valence-corrected chi connectivity index (χ0v) is 12.6. The van der Waals surface area contributed by atoms with Crippen LogP contribution in [-0.4, -0.2) is 18.0 Å². The van der Waals surface area contributed by atoms with Crippen molar-refractivity contribution >= 4 is 22.5 Å². The Labute approximate surface area is 129 Å². The van der Waals surface area contributed by atoms with E-state index in [0.717, 1.165) is 27.9 Å². The summed E-state index contributed by atoms with van der Waals surface area (Å²) in [6.45, 7) is 2.06. The monoisotopic (exact) mass is 294 g/mol. The third-order valence-electron chi connectivity index (χ3n) is 3.73. The lowest BCUT2D eigenvalue weighted by atomic mass is 10.1. The zero-order chi connectivity index (χ0) is 15.5. The van der Waals surface area contributed by atoms with Crippen molar-refractivity contribution in [2.75, 3.05) is 12.4 Å². The van der Waals surface area contributed by atoms with Gasteiger partial charge in [-0.15, -0.1) is 0 Å².